The Morgan fingerprint density at radius 1 is 1.32 bits per heavy atom. The number of hydrogen-bond acceptors (Lipinski definition) is 3. The average molecular weight is 416 g/mol. The molecule has 1 aliphatic heterocycles. The van der Waals surface area contributed by atoms with Gasteiger partial charge in [-0.25, -0.2) is 0 Å². The van der Waals surface area contributed by atoms with Gasteiger partial charge in [0.05, 0.1) is 7.11 Å². The summed E-state index contributed by atoms with van der Waals surface area (Å²) in [6.45, 7) is 3.23. The molecule has 3 N–H and O–H groups in total. The van der Waals surface area contributed by atoms with Gasteiger partial charge in [0, 0.05) is 24.8 Å². The number of benzene rings is 1. The number of nitrogens with two attached hydrogens (primary N) is 1. The van der Waals surface area contributed by atoms with E-state index in [4.69, 9.17) is 10.5 Å². The van der Waals surface area contributed by atoms with Gasteiger partial charge in [0.1, 0.15) is 5.75 Å². The molecule has 0 amide bonds. The molecule has 1 saturated carbocycles. The number of aliphatic imine (C=N–C) groups is 1. The van der Waals surface area contributed by atoms with E-state index in [0.29, 0.717) is 11.9 Å². The van der Waals surface area contributed by atoms with Gasteiger partial charge in [-0.2, -0.15) is 0 Å². The molecule has 5 nitrogen and oxygen atoms in total. The number of halogens is 1. The first-order chi connectivity index (χ1) is 10.2. The fourth-order valence-corrected chi connectivity index (χ4v) is 2.87. The van der Waals surface area contributed by atoms with Crippen molar-refractivity contribution in [3.63, 3.8) is 0 Å². The van der Waals surface area contributed by atoms with Crippen molar-refractivity contribution in [2.45, 2.75) is 25.3 Å². The minimum atomic E-state index is 0. The van der Waals surface area contributed by atoms with Crippen LogP contribution in [0.15, 0.2) is 29.3 Å². The summed E-state index contributed by atoms with van der Waals surface area (Å²) in [5.74, 6) is 1.98. The fraction of sp³-hybridized carbons (Fsp3) is 0.562. The van der Waals surface area contributed by atoms with Gasteiger partial charge in [-0.3, -0.25) is 4.99 Å². The molecule has 1 heterocycles. The van der Waals surface area contributed by atoms with Crippen LogP contribution >= 0.6 is 24.0 Å². The molecular weight excluding hydrogens is 391 g/mol. The molecule has 6 heteroatoms. The van der Waals surface area contributed by atoms with Gasteiger partial charge in [0.15, 0.2) is 5.96 Å². The largest absolute Gasteiger partial charge is 0.497 e. The minimum Gasteiger partial charge on any atom is -0.497 e. The SMILES string of the molecule is COc1ccc(NC(N)=NCC2CCN(C3CC3)C2)cc1.I. The lowest BCUT2D eigenvalue weighted by molar-refractivity contribution is 0.315. The van der Waals surface area contributed by atoms with E-state index in [1.165, 1.54) is 32.4 Å². The molecule has 0 spiro atoms. The molecule has 122 valence electrons. The normalized spacial score (nSPS) is 22.2. The highest BCUT2D eigenvalue weighted by Gasteiger charge is 2.34. The summed E-state index contributed by atoms with van der Waals surface area (Å²) in [5, 5.41) is 3.12. The van der Waals surface area contributed by atoms with E-state index in [-0.39, 0.29) is 24.0 Å². The van der Waals surface area contributed by atoms with Crippen LogP contribution in [0.3, 0.4) is 0 Å². The zero-order valence-electron chi connectivity index (χ0n) is 13.0. The maximum atomic E-state index is 5.96. The lowest BCUT2D eigenvalue weighted by Crippen LogP contribution is -2.25. The molecule has 1 aromatic rings. The lowest BCUT2D eigenvalue weighted by atomic mass is 10.1. The Morgan fingerprint density at radius 2 is 2.05 bits per heavy atom. The predicted molar refractivity (Wildman–Crippen MR) is 101 cm³/mol. The summed E-state index contributed by atoms with van der Waals surface area (Å²) in [6, 6.07) is 8.55. The molecule has 2 aliphatic rings. The number of anilines is 1. The molecule has 1 aromatic carbocycles. The van der Waals surface area contributed by atoms with Gasteiger partial charge in [-0.1, -0.05) is 0 Å². The summed E-state index contributed by atoms with van der Waals surface area (Å²) < 4.78 is 5.13. The minimum absolute atomic E-state index is 0. The second-order valence-corrected chi connectivity index (χ2v) is 5.96. The van der Waals surface area contributed by atoms with E-state index in [2.05, 4.69) is 15.2 Å². The molecule has 1 unspecified atom stereocenters. The number of hydrogen-bond donors (Lipinski definition) is 2. The third-order valence-corrected chi connectivity index (χ3v) is 4.26. The Bertz CT molecular complexity index is 501. The van der Waals surface area contributed by atoms with Crippen LogP contribution in [0.4, 0.5) is 5.69 Å². The number of likely N-dealkylation sites (tertiary alicyclic amines) is 1. The van der Waals surface area contributed by atoms with E-state index in [1.807, 2.05) is 24.3 Å². The van der Waals surface area contributed by atoms with E-state index in [9.17, 15) is 0 Å². The molecular formula is C16H25IN4O. The smallest absolute Gasteiger partial charge is 0.193 e. The summed E-state index contributed by atoms with van der Waals surface area (Å²) in [5.41, 5.74) is 6.89. The van der Waals surface area contributed by atoms with Crippen LogP contribution in [0.1, 0.15) is 19.3 Å². The molecule has 22 heavy (non-hydrogen) atoms. The van der Waals surface area contributed by atoms with Crippen LogP contribution < -0.4 is 15.8 Å². The number of ether oxygens (including phenoxy) is 1. The first kappa shape index (κ1) is 17.3. The van der Waals surface area contributed by atoms with Crippen molar-refractivity contribution in [2.24, 2.45) is 16.6 Å². The van der Waals surface area contributed by atoms with Crippen LogP contribution in [0.5, 0.6) is 5.75 Å². The maximum absolute atomic E-state index is 5.96. The third-order valence-electron chi connectivity index (χ3n) is 4.26. The van der Waals surface area contributed by atoms with E-state index in [0.717, 1.165) is 24.0 Å². The Kier molecular flexibility index (Phi) is 6.31. The summed E-state index contributed by atoms with van der Waals surface area (Å²) in [6.07, 6.45) is 4.02. The van der Waals surface area contributed by atoms with Crippen molar-refractivity contribution in [1.29, 1.82) is 0 Å². The molecule has 2 fully saturated rings. The second-order valence-electron chi connectivity index (χ2n) is 5.96. The van der Waals surface area contributed by atoms with Gasteiger partial charge >= 0.3 is 0 Å². The summed E-state index contributed by atoms with van der Waals surface area (Å²) in [4.78, 5) is 7.09. The molecule has 1 saturated heterocycles. The lowest BCUT2D eigenvalue weighted by Gasteiger charge is -2.13. The first-order valence-corrected chi connectivity index (χ1v) is 7.69. The number of nitrogens with one attached hydrogen (secondary N) is 1. The Morgan fingerprint density at radius 3 is 2.68 bits per heavy atom. The molecule has 1 aliphatic carbocycles. The molecule has 1 atom stereocenters. The van der Waals surface area contributed by atoms with Gasteiger partial charge in [0.2, 0.25) is 0 Å². The van der Waals surface area contributed by atoms with Crippen molar-refractivity contribution < 1.29 is 4.74 Å². The Balaban J connectivity index is 0.00000176. The zero-order chi connectivity index (χ0) is 14.7. The first-order valence-electron chi connectivity index (χ1n) is 7.69. The standard InChI is InChI=1S/C16H24N4O.HI/c1-21-15-6-2-13(3-7-15)19-16(17)18-10-12-8-9-20(11-12)14-4-5-14;/h2-3,6-7,12,14H,4-5,8-11H2,1H3,(H3,17,18,19);1H. The van der Waals surface area contributed by atoms with Crippen LogP contribution in [-0.4, -0.2) is 43.6 Å². The van der Waals surface area contributed by atoms with Crippen molar-refractivity contribution in [3.8, 4) is 5.75 Å². The highest BCUT2D eigenvalue weighted by atomic mass is 127. The summed E-state index contributed by atoms with van der Waals surface area (Å²) >= 11 is 0. The molecule has 0 aromatic heterocycles. The van der Waals surface area contributed by atoms with Crippen LogP contribution in [-0.2, 0) is 0 Å². The van der Waals surface area contributed by atoms with Gasteiger partial charge in [-0.05, 0) is 56.0 Å². The van der Waals surface area contributed by atoms with Gasteiger partial charge < -0.3 is 20.7 Å². The zero-order valence-corrected chi connectivity index (χ0v) is 15.3. The predicted octanol–water partition coefficient (Wildman–Crippen LogP) is 2.52. The number of rotatable bonds is 5. The number of methoxy groups -OCH3 is 1. The van der Waals surface area contributed by atoms with E-state index >= 15 is 0 Å². The maximum Gasteiger partial charge on any atom is 0.193 e. The Hall–Kier alpha value is -1.02. The van der Waals surface area contributed by atoms with Crippen molar-refractivity contribution in [2.75, 3.05) is 32.1 Å². The number of guanidine groups is 1. The average Bonchev–Trinajstić information content (AvgIpc) is 3.25. The highest BCUT2D eigenvalue weighted by Crippen LogP contribution is 2.31. The van der Waals surface area contributed by atoms with Crippen LogP contribution in [0.2, 0.25) is 0 Å². The van der Waals surface area contributed by atoms with Crippen LogP contribution in [0.25, 0.3) is 0 Å². The fourth-order valence-electron chi connectivity index (χ4n) is 2.87. The van der Waals surface area contributed by atoms with Gasteiger partial charge in [-0.15, -0.1) is 24.0 Å². The Labute approximate surface area is 149 Å². The third kappa shape index (κ3) is 4.74. The monoisotopic (exact) mass is 416 g/mol. The topological polar surface area (TPSA) is 62.9 Å². The van der Waals surface area contributed by atoms with Crippen molar-refractivity contribution in [3.05, 3.63) is 24.3 Å². The number of nitrogens with zero attached hydrogens (tertiary/aromatic N) is 2. The molecule has 0 bridgehead atoms. The second kappa shape index (κ2) is 8.01. The van der Waals surface area contributed by atoms with E-state index in [1.54, 1.807) is 7.11 Å². The quantitative estimate of drug-likeness (QED) is 0.440. The van der Waals surface area contributed by atoms with E-state index < -0.39 is 0 Å². The van der Waals surface area contributed by atoms with Crippen LogP contribution in [0, 0.1) is 5.92 Å². The van der Waals surface area contributed by atoms with Gasteiger partial charge in [0.25, 0.3) is 0 Å². The molecule has 3 rings (SSSR count). The summed E-state index contributed by atoms with van der Waals surface area (Å²) in [7, 11) is 1.66. The highest BCUT2D eigenvalue weighted by molar-refractivity contribution is 14.0. The molecule has 0 radical (unpaired) electrons. The van der Waals surface area contributed by atoms with Crippen molar-refractivity contribution >= 4 is 35.6 Å². The van der Waals surface area contributed by atoms with Crippen molar-refractivity contribution in [1.82, 2.24) is 4.90 Å².